The maximum Gasteiger partial charge on any atom is 0.248 e. The number of rotatable bonds is 1. The number of hydrogen-bond donors (Lipinski definition) is 1. The summed E-state index contributed by atoms with van der Waals surface area (Å²) in [6, 6.07) is 1.34. The summed E-state index contributed by atoms with van der Waals surface area (Å²) in [6.45, 7) is 4.04. The fraction of sp³-hybridized carbons (Fsp3) is 0.357. The van der Waals surface area contributed by atoms with Crippen molar-refractivity contribution in [3.05, 3.63) is 39.3 Å². The zero-order chi connectivity index (χ0) is 14.3. The maximum atomic E-state index is 12.0. The molecule has 0 amide bonds. The topological polar surface area (TPSA) is 79.5 Å². The van der Waals surface area contributed by atoms with Gasteiger partial charge in [0.2, 0.25) is 17.1 Å². The number of fused-ring (bicyclic) bond motifs is 1. The molecule has 0 unspecified atom stereocenters. The van der Waals surface area contributed by atoms with Gasteiger partial charge in [-0.25, -0.2) is 0 Å². The van der Waals surface area contributed by atoms with E-state index in [-0.39, 0.29) is 5.56 Å². The minimum atomic E-state index is -0.564. The smallest absolute Gasteiger partial charge is 0.248 e. The van der Waals surface area contributed by atoms with Crippen LogP contribution in [0.4, 0.5) is 0 Å². The van der Waals surface area contributed by atoms with Gasteiger partial charge in [0.15, 0.2) is 0 Å². The van der Waals surface area contributed by atoms with E-state index in [0.717, 1.165) is 0 Å². The summed E-state index contributed by atoms with van der Waals surface area (Å²) in [6.07, 6.45) is 1.31. The Morgan fingerprint density at radius 2 is 1.90 bits per heavy atom. The van der Waals surface area contributed by atoms with Crippen molar-refractivity contribution in [2.75, 3.05) is 26.3 Å². The Morgan fingerprint density at radius 1 is 1.20 bits per heavy atom. The van der Waals surface area contributed by atoms with Crippen molar-refractivity contribution in [3.8, 4) is 0 Å². The number of carbonyl (C=O) groups excluding carboxylic acids is 2. The van der Waals surface area contributed by atoms with E-state index in [1.807, 2.05) is 4.90 Å². The third-order valence-electron chi connectivity index (χ3n) is 3.57. The lowest BCUT2D eigenvalue weighted by molar-refractivity contribution is -0.111. The van der Waals surface area contributed by atoms with Crippen LogP contribution in [0.15, 0.2) is 16.9 Å². The van der Waals surface area contributed by atoms with Gasteiger partial charge in [-0.15, -0.1) is 0 Å². The van der Waals surface area contributed by atoms with Crippen LogP contribution in [0.5, 0.6) is 0 Å². The lowest BCUT2D eigenvalue weighted by Crippen LogP contribution is -2.38. The number of nitrogens with zero attached hydrogens (tertiary/aromatic N) is 1. The molecule has 1 aromatic rings. The second-order valence-electron chi connectivity index (χ2n) is 4.89. The van der Waals surface area contributed by atoms with Gasteiger partial charge in [-0.3, -0.25) is 14.4 Å². The standard InChI is InChI=1S/C14H14N2O4/c1-8-6-11(18)15-13-9(16-2-4-20-5-3-16)7-10(17)14(19)12(8)13/h6-7H,2-5H2,1H3,(H,15,18). The molecule has 1 N–H and O–H groups in total. The van der Waals surface area contributed by atoms with Gasteiger partial charge in [0.1, 0.15) is 0 Å². The van der Waals surface area contributed by atoms with Crippen LogP contribution in [-0.4, -0.2) is 47.8 Å². The second-order valence-corrected chi connectivity index (χ2v) is 4.89. The lowest BCUT2D eigenvalue weighted by atomic mass is 9.93. The summed E-state index contributed by atoms with van der Waals surface area (Å²) in [7, 11) is 0. The van der Waals surface area contributed by atoms with E-state index in [1.54, 1.807) is 6.92 Å². The number of pyridine rings is 1. The predicted octanol–water partition coefficient (Wildman–Crippen LogP) is 0.122. The molecule has 6 nitrogen and oxygen atoms in total. The van der Waals surface area contributed by atoms with Gasteiger partial charge in [-0.1, -0.05) is 0 Å². The largest absolute Gasteiger partial charge is 0.378 e. The molecule has 0 spiro atoms. The van der Waals surface area contributed by atoms with Gasteiger partial charge in [0, 0.05) is 25.2 Å². The molecule has 0 atom stereocenters. The fourth-order valence-corrected chi connectivity index (χ4v) is 2.61. The number of carbonyl (C=O) groups is 2. The molecule has 0 bridgehead atoms. The average Bonchev–Trinajstić information content (AvgIpc) is 2.43. The number of nitrogens with one attached hydrogen (secondary N) is 1. The third-order valence-corrected chi connectivity index (χ3v) is 3.57. The molecule has 1 aliphatic carbocycles. The Labute approximate surface area is 115 Å². The molecule has 20 heavy (non-hydrogen) atoms. The fourth-order valence-electron chi connectivity index (χ4n) is 2.61. The quantitative estimate of drug-likeness (QED) is 0.736. The average molecular weight is 274 g/mol. The number of hydrogen-bond acceptors (Lipinski definition) is 5. The van der Waals surface area contributed by atoms with Crippen LogP contribution >= 0.6 is 0 Å². The number of H-pyrrole nitrogens is 1. The minimum absolute atomic E-state index is 0.275. The van der Waals surface area contributed by atoms with Crippen LogP contribution in [0, 0.1) is 6.92 Å². The Bertz CT molecular complexity index is 681. The lowest BCUT2D eigenvalue weighted by Gasteiger charge is -2.32. The molecular weight excluding hydrogens is 260 g/mol. The number of aryl methyl sites for hydroxylation is 1. The van der Waals surface area contributed by atoms with Gasteiger partial charge in [-0.05, 0) is 12.5 Å². The highest BCUT2D eigenvalue weighted by atomic mass is 16.5. The maximum absolute atomic E-state index is 12.0. The summed E-state index contributed by atoms with van der Waals surface area (Å²) in [4.78, 5) is 40.2. The van der Waals surface area contributed by atoms with E-state index in [2.05, 4.69) is 4.98 Å². The van der Waals surface area contributed by atoms with Crippen LogP contribution in [0.1, 0.15) is 21.6 Å². The van der Waals surface area contributed by atoms with Gasteiger partial charge >= 0.3 is 0 Å². The molecule has 1 aromatic heterocycles. The first kappa shape index (κ1) is 12.8. The minimum Gasteiger partial charge on any atom is -0.378 e. The Hall–Kier alpha value is -2.21. The van der Waals surface area contributed by atoms with Crippen LogP contribution in [0.25, 0.3) is 5.70 Å². The summed E-state index contributed by atoms with van der Waals surface area (Å²) in [5.74, 6) is -1.11. The summed E-state index contributed by atoms with van der Waals surface area (Å²) in [5.41, 5.74) is 1.61. The first-order chi connectivity index (χ1) is 9.58. The molecule has 104 valence electrons. The van der Waals surface area contributed by atoms with Crippen molar-refractivity contribution in [2.45, 2.75) is 6.92 Å². The van der Waals surface area contributed by atoms with E-state index >= 15 is 0 Å². The molecule has 2 heterocycles. The van der Waals surface area contributed by atoms with Crippen LogP contribution < -0.4 is 5.56 Å². The first-order valence-corrected chi connectivity index (χ1v) is 6.45. The van der Waals surface area contributed by atoms with E-state index in [9.17, 15) is 14.4 Å². The molecule has 0 saturated carbocycles. The number of Topliss-reactive ketones (excluding diaryl/α,β-unsaturated/α-hetero) is 1. The highest BCUT2D eigenvalue weighted by molar-refractivity contribution is 6.50. The van der Waals surface area contributed by atoms with Crippen molar-refractivity contribution >= 4 is 17.3 Å². The van der Waals surface area contributed by atoms with Gasteiger partial charge < -0.3 is 14.6 Å². The van der Waals surface area contributed by atoms with Crippen LogP contribution in [-0.2, 0) is 9.53 Å². The molecule has 6 heteroatoms. The van der Waals surface area contributed by atoms with Crippen molar-refractivity contribution in [3.63, 3.8) is 0 Å². The van der Waals surface area contributed by atoms with Gasteiger partial charge in [0.05, 0.1) is 30.2 Å². The Kier molecular flexibility index (Phi) is 3.02. The zero-order valence-corrected chi connectivity index (χ0v) is 11.1. The number of aromatic nitrogens is 1. The highest BCUT2D eigenvalue weighted by Crippen LogP contribution is 2.27. The Balaban J connectivity index is 2.17. The summed E-state index contributed by atoms with van der Waals surface area (Å²) in [5, 5.41) is 0. The van der Waals surface area contributed by atoms with E-state index in [0.29, 0.717) is 48.8 Å². The van der Waals surface area contributed by atoms with Crippen molar-refractivity contribution in [2.24, 2.45) is 0 Å². The van der Waals surface area contributed by atoms with Crippen molar-refractivity contribution in [1.29, 1.82) is 0 Å². The number of aromatic amines is 1. The molecule has 3 rings (SSSR count). The molecular formula is C14H14N2O4. The predicted molar refractivity (Wildman–Crippen MR) is 71.5 cm³/mol. The van der Waals surface area contributed by atoms with Crippen LogP contribution in [0.3, 0.4) is 0 Å². The second kappa shape index (κ2) is 4.72. The molecule has 0 aromatic carbocycles. The SMILES string of the molecule is Cc1cc(=O)[nH]c2c1C(=O)C(=O)C=C2N1CCOCC1. The number of morpholine rings is 1. The number of allylic oxidation sites excluding steroid dienone is 1. The molecule has 1 aliphatic heterocycles. The molecule has 1 fully saturated rings. The molecule has 0 radical (unpaired) electrons. The number of ether oxygens (including phenoxy) is 1. The van der Waals surface area contributed by atoms with E-state index in [1.165, 1.54) is 12.1 Å². The highest BCUT2D eigenvalue weighted by Gasteiger charge is 2.31. The Morgan fingerprint density at radius 3 is 2.60 bits per heavy atom. The zero-order valence-electron chi connectivity index (χ0n) is 11.1. The van der Waals surface area contributed by atoms with Crippen LogP contribution in [0.2, 0.25) is 0 Å². The number of ketones is 2. The summed E-state index contributed by atoms with van der Waals surface area (Å²) < 4.78 is 5.28. The van der Waals surface area contributed by atoms with Gasteiger partial charge in [0.25, 0.3) is 0 Å². The third kappa shape index (κ3) is 1.98. The molecule has 2 aliphatic rings. The van der Waals surface area contributed by atoms with Crippen molar-refractivity contribution in [1.82, 2.24) is 9.88 Å². The monoisotopic (exact) mass is 274 g/mol. The van der Waals surface area contributed by atoms with Gasteiger partial charge in [-0.2, -0.15) is 0 Å². The first-order valence-electron chi connectivity index (χ1n) is 6.45. The molecule has 1 saturated heterocycles. The normalized spacial score (nSPS) is 18.9. The van der Waals surface area contributed by atoms with Crippen molar-refractivity contribution < 1.29 is 14.3 Å². The van der Waals surface area contributed by atoms with E-state index in [4.69, 9.17) is 4.74 Å². The van der Waals surface area contributed by atoms with E-state index < -0.39 is 11.6 Å². The summed E-state index contributed by atoms with van der Waals surface area (Å²) >= 11 is 0.